The van der Waals surface area contributed by atoms with Gasteiger partial charge in [-0.2, -0.15) is 0 Å². The van der Waals surface area contributed by atoms with Crippen LogP contribution in [0.25, 0.3) is 0 Å². The van der Waals surface area contributed by atoms with Gasteiger partial charge in [-0.3, -0.25) is 9.69 Å². The van der Waals surface area contributed by atoms with Crippen LogP contribution >= 0.6 is 21.6 Å². The summed E-state index contributed by atoms with van der Waals surface area (Å²) in [4.78, 5) is 39.8. The van der Waals surface area contributed by atoms with Crippen molar-refractivity contribution in [1.29, 1.82) is 0 Å². The molecule has 89 heavy (non-hydrogen) atoms. The number of carbonyl (C=O) groups is 2. The number of carbonyl (C=O) groups excluding carboxylic acids is 2. The van der Waals surface area contributed by atoms with Gasteiger partial charge in [0, 0.05) is 95.9 Å². The fourth-order valence-electron chi connectivity index (χ4n) is 31.7. The number of aliphatic hydroxyl groups is 1. The molecule has 3 saturated heterocycles. The van der Waals surface area contributed by atoms with E-state index in [0.29, 0.717) is 108 Å². The summed E-state index contributed by atoms with van der Waals surface area (Å²) in [6, 6.07) is 7.43. The predicted octanol–water partition coefficient (Wildman–Crippen LogP) is 15.4. The van der Waals surface area contributed by atoms with Crippen LogP contribution in [0.2, 0.25) is 0 Å². The maximum Gasteiger partial charge on any atom is 0.339 e. The number of nitrogens with two attached hydrogens (primary N) is 1. The van der Waals surface area contributed by atoms with Crippen molar-refractivity contribution < 1.29 is 24.2 Å². The van der Waals surface area contributed by atoms with Gasteiger partial charge in [-0.15, -0.1) is 5.92 Å². The second kappa shape index (κ2) is 17.8. The summed E-state index contributed by atoms with van der Waals surface area (Å²) < 4.78 is 15.4. The van der Waals surface area contributed by atoms with Gasteiger partial charge in [-0.25, -0.2) is 4.79 Å². The summed E-state index contributed by atoms with van der Waals surface area (Å²) in [5.74, 6) is 17.0. The smallest absolute Gasteiger partial charge is 0.339 e. The van der Waals surface area contributed by atoms with E-state index in [0.717, 1.165) is 67.6 Å². The molecule has 10 heteroatoms. The first kappa shape index (κ1) is 53.9. The first-order chi connectivity index (χ1) is 43.5. The summed E-state index contributed by atoms with van der Waals surface area (Å²) >= 11 is 0. The first-order valence-corrected chi connectivity index (χ1v) is 39.8. The minimum Gasteiger partial charge on any atom is -0.509 e. The highest BCUT2D eigenvalue weighted by Crippen LogP contribution is 2.90. The van der Waals surface area contributed by atoms with Gasteiger partial charge in [0.25, 0.3) is 0 Å². The van der Waals surface area contributed by atoms with E-state index < -0.39 is 16.4 Å². The van der Waals surface area contributed by atoms with Crippen molar-refractivity contribution in [3.05, 3.63) is 92.6 Å². The third-order valence-corrected chi connectivity index (χ3v) is 36.4. The van der Waals surface area contributed by atoms with Crippen LogP contribution in [0.5, 0.6) is 0 Å². The van der Waals surface area contributed by atoms with Gasteiger partial charge in [-0.1, -0.05) is 121 Å². The van der Waals surface area contributed by atoms with Crippen molar-refractivity contribution in [2.75, 3.05) is 31.1 Å². The van der Waals surface area contributed by atoms with Crippen LogP contribution in [0.3, 0.4) is 0 Å². The third kappa shape index (κ3) is 5.84. The van der Waals surface area contributed by atoms with E-state index in [1.165, 1.54) is 140 Å². The minimum atomic E-state index is -1.19. The number of esters is 2. The average Bonchev–Trinajstić information content (AvgIpc) is 1.53. The lowest BCUT2D eigenvalue weighted by molar-refractivity contribution is -0.284. The maximum atomic E-state index is 17.5. The predicted molar refractivity (Wildman–Crippen MR) is 347 cm³/mol. The Morgan fingerprint density at radius 2 is 1.74 bits per heavy atom. The Morgan fingerprint density at radius 1 is 0.854 bits per heavy atom. The van der Waals surface area contributed by atoms with E-state index in [1.54, 1.807) is 22.4 Å². The van der Waals surface area contributed by atoms with Gasteiger partial charge in [0.1, 0.15) is 11.2 Å². The molecule has 14 aliphatic carbocycles. The van der Waals surface area contributed by atoms with E-state index in [9.17, 15) is 5.11 Å². The molecule has 1 aromatic rings. The molecule has 0 amide bonds. The number of fused-ring (bicyclic) bond motifs is 10. The third-order valence-electron chi connectivity index (χ3n) is 33.8. The topological polar surface area (TPSA) is 105 Å². The van der Waals surface area contributed by atoms with Crippen LogP contribution in [0.4, 0.5) is 0 Å². The van der Waals surface area contributed by atoms with Crippen LogP contribution in [0.15, 0.2) is 75.9 Å². The molecule has 22 aliphatic rings. The summed E-state index contributed by atoms with van der Waals surface area (Å²) in [5, 5.41) is 14.8. The molecule has 8 nitrogen and oxygen atoms in total. The van der Waals surface area contributed by atoms with E-state index in [4.69, 9.17) is 15.2 Å². The zero-order valence-corrected chi connectivity index (χ0v) is 54.6. The summed E-state index contributed by atoms with van der Waals surface area (Å²) in [6.45, 7) is 5.43. The molecular weight excluding hydrogens is 1140 g/mol. The summed E-state index contributed by atoms with van der Waals surface area (Å²) in [5.41, 5.74) is 14.8. The van der Waals surface area contributed by atoms with E-state index in [-0.39, 0.29) is 69.4 Å². The van der Waals surface area contributed by atoms with Gasteiger partial charge in [0.05, 0.1) is 11.0 Å². The lowest BCUT2D eigenvalue weighted by Gasteiger charge is -2.76. The molecule has 0 aromatic heterocycles. The van der Waals surface area contributed by atoms with Crippen LogP contribution in [0, 0.1) is 133 Å². The zero-order valence-electron chi connectivity index (χ0n) is 53.0. The van der Waals surface area contributed by atoms with Crippen LogP contribution in [0.1, 0.15) is 202 Å². The molecule has 16 bridgehead atoms. The average molecular weight is 1230 g/mol. The second-order valence-corrected chi connectivity index (χ2v) is 37.9. The quantitative estimate of drug-likeness (QED) is 0.132. The van der Waals surface area contributed by atoms with Crippen LogP contribution in [-0.4, -0.2) is 76.1 Å². The first-order valence-electron chi connectivity index (χ1n) is 37.3. The number of piperidine rings is 2. The molecule has 468 valence electrons. The van der Waals surface area contributed by atoms with E-state index in [2.05, 4.69) is 86.6 Å². The Bertz CT molecular complexity index is 3650. The lowest BCUT2D eigenvalue weighted by atomic mass is 9.26. The van der Waals surface area contributed by atoms with Crippen molar-refractivity contribution in [3.8, 4) is 11.8 Å². The number of allylic oxidation sites excluding steroid dienone is 5. The number of nitrogens with zero attached hydrogens (tertiary/aromatic N) is 2. The Labute approximate surface area is 536 Å². The number of aliphatic hydroxyl groups excluding tert-OH is 1. The number of rotatable bonds is 3. The van der Waals surface area contributed by atoms with Gasteiger partial charge >= 0.3 is 11.9 Å². The molecule has 0 radical (unpaired) electrons. The molecule has 11 fully saturated rings. The van der Waals surface area contributed by atoms with Crippen molar-refractivity contribution >= 4 is 33.5 Å². The minimum absolute atomic E-state index is 0.0152. The highest BCUT2D eigenvalue weighted by Gasteiger charge is 2.95. The molecule has 23 rings (SSSR count). The largest absolute Gasteiger partial charge is 0.509 e. The Hall–Kier alpha value is -3.36. The van der Waals surface area contributed by atoms with Gasteiger partial charge in [0.15, 0.2) is 11.4 Å². The normalized spacial score (nSPS) is 52.6. The summed E-state index contributed by atoms with van der Waals surface area (Å²) in [7, 11) is 4.38. The Kier molecular flexibility index (Phi) is 10.8. The van der Waals surface area contributed by atoms with Crippen molar-refractivity contribution in [2.45, 2.75) is 210 Å². The van der Waals surface area contributed by atoms with Crippen molar-refractivity contribution in [1.82, 2.24) is 9.80 Å². The molecular formula is C79H95N3O5S2. The Balaban J connectivity index is 0.851. The highest BCUT2D eigenvalue weighted by molar-refractivity contribution is 8.76. The molecule has 8 aliphatic heterocycles. The molecule has 8 saturated carbocycles. The van der Waals surface area contributed by atoms with E-state index in [1.807, 2.05) is 0 Å². The molecule has 1 aromatic carbocycles. The highest BCUT2D eigenvalue weighted by atomic mass is 33.1. The van der Waals surface area contributed by atoms with Crippen LogP contribution in [-0.2, 0) is 26.3 Å². The molecule has 8 heterocycles. The maximum absolute atomic E-state index is 17.5. The van der Waals surface area contributed by atoms with Gasteiger partial charge in [-0.05, 0) is 233 Å². The summed E-state index contributed by atoms with van der Waals surface area (Å²) in [6.07, 6.45) is 40.8. The standard InChI is InChI=1S/C79H95N3O5S2/c1-43-29-48-31-55-45-19-26-73-42-82-60-18-7-14-51-15-8-23-75(51)24-10-25-76(75)37-49(35-72(76)21-4-5-22-72)61(82)34-62(83)69-77-27-20-53-65-56-38-74(43,66(53)67(48)81(68(55)73)39-57(60)59(73)32-45)36-50-41-89-88-40-46-11-2-3-16-52(46)47(30-54(50)56)33-63(78(65,77)71(85)86-69)79(77)58-17-6-12-44(13-9-28-80)64(58)70(84)87-79/h6,12,17,19,26,30,43,45-47,49-52,55-57,59-61,63,66,68,83H,2-5,8-11,13,15-16,18,20-25,27-29,31-42,80H2,1H3. The zero-order chi connectivity index (χ0) is 58.7. The van der Waals surface area contributed by atoms with Crippen molar-refractivity contribution in [2.24, 2.45) is 126 Å². The number of aryl methyl sites for hydroxylation is 1. The lowest BCUT2D eigenvalue weighted by Crippen LogP contribution is -2.79. The monoisotopic (exact) mass is 1230 g/mol. The molecule has 24 atom stereocenters. The SMILES string of the molecule is CC1CC2=C3C4C5=C6C7CC14CC1CSSCC4CCCCC4C(C=C17)CC1C64C(=O)OC(=C(O)CC6C7CC8(CCCC8)C8(CCCC89CCCC9C#CCC8C9CN3C3C(C2)C2C=CC3(CN68)C9C2)C7)C4(CC5)C12OC(=O)c1c(CCCN)cccc12. The van der Waals surface area contributed by atoms with Gasteiger partial charge in [0.2, 0.25) is 0 Å². The number of hydrogen-bond acceptors (Lipinski definition) is 10. The molecule has 24 unspecified atom stereocenters. The second-order valence-electron chi connectivity index (χ2n) is 35.3. The molecule has 8 spiro atoms. The number of hydrogen-bond donors (Lipinski definition) is 2. The van der Waals surface area contributed by atoms with Crippen LogP contribution < -0.4 is 5.73 Å². The van der Waals surface area contributed by atoms with E-state index >= 15 is 9.59 Å². The number of benzene rings is 1. The molecule has 3 N–H and O–H groups in total. The fraction of sp³-hybridized carbons (Fsp3) is 0.747. The van der Waals surface area contributed by atoms with Gasteiger partial charge < -0.3 is 25.2 Å². The Morgan fingerprint density at radius 3 is 2.65 bits per heavy atom. The van der Waals surface area contributed by atoms with Crippen molar-refractivity contribution in [3.63, 3.8) is 0 Å². The fourth-order valence-corrected chi connectivity index (χ4v) is 34.6. The number of ether oxygens (including phenoxy) is 2.